The first-order chi connectivity index (χ1) is 8.51. The Morgan fingerprint density at radius 3 is 2.72 bits per heavy atom. The van der Waals surface area contributed by atoms with Crippen molar-refractivity contribution in [1.82, 2.24) is 5.43 Å². The van der Waals surface area contributed by atoms with Crippen molar-refractivity contribution in [2.45, 2.75) is 50.4 Å². The third-order valence-corrected chi connectivity index (χ3v) is 2.97. The Kier molecular flexibility index (Phi) is 6.91. The van der Waals surface area contributed by atoms with Gasteiger partial charge in [-0.05, 0) is 32.1 Å². The van der Waals surface area contributed by atoms with E-state index in [1.165, 1.54) is 0 Å². The molecule has 1 aliphatic heterocycles. The number of halogens is 3. The summed E-state index contributed by atoms with van der Waals surface area (Å²) < 4.78 is 45.5. The fourth-order valence-electron chi connectivity index (χ4n) is 1.98. The fourth-order valence-corrected chi connectivity index (χ4v) is 1.98. The van der Waals surface area contributed by atoms with Crippen LogP contribution in [0.25, 0.3) is 0 Å². The van der Waals surface area contributed by atoms with E-state index < -0.39 is 12.8 Å². The highest BCUT2D eigenvalue weighted by Gasteiger charge is 2.27. The van der Waals surface area contributed by atoms with Crippen LogP contribution in [-0.4, -0.2) is 38.1 Å². The minimum absolute atomic E-state index is 0.0255. The van der Waals surface area contributed by atoms with Gasteiger partial charge >= 0.3 is 6.18 Å². The summed E-state index contributed by atoms with van der Waals surface area (Å²) in [5.41, 5.74) is 2.61. The summed E-state index contributed by atoms with van der Waals surface area (Å²) in [6, 6.07) is -0.0255. The van der Waals surface area contributed by atoms with Crippen molar-refractivity contribution in [2.24, 2.45) is 5.84 Å². The van der Waals surface area contributed by atoms with Gasteiger partial charge in [0.1, 0.15) is 6.61 Å². The third-order valence-electron chi connectivity index (χ3n) is 2.97. The number of hydrogen-bond donors (Lipinski definition) is 2. The summed E-state index contributed by atoms with van der Waals surface area (Å²) in [4.78, 5) is 0. The normalized spacial score (nSPS) is 22.3. The molecule has 0 radical (unpaired) electrons. The lowest BCUT2D eigenvalue weighted by atomic mass is 10.0. The van der Waals surface area contributed by atoms with Crippen LogP contribution in [0.5, 0.6) is 0 Å². The maximum absolute atomic E-state index is 11.8. The highest BCUT2D eigenvalue weighted by molar-refractivity contribution is 4.70. The van der Waals surface area contributed by atoms with Crippen molar-refractivity contribution in [1.29, 1.82) is 0 Å². The third kappa shape index (κ3) is 7.15. The molecule has 0 aromatic heterocycles. The van der Waals surface area contributed by atoms with E-state index >= 15 is 0 Å². The smallest absolute Gasteiger partial charge is 0.378 e. The number of rotatable bonds is 8. The van der Waals surface area contributed by atoms with Crippen LogP contribution in [0.4, 0.5) is 13.2 Å². The van der Waals surface area contributed by atoms with E-state index in [0.29, 0.717) is 6.42 Å². The summed E-state index contributed by atoms with van der Waals surface area (Å²) in [7, 11) is 0. The van der Waals surface area contributed by atoms with Crippen LogP contribution < -0.4 is 11.3 Å². The minimum Gasteiger partial charge on any atom is -0.378 e. The second-order valence-electron chi connectivity index (χ2n) is 4.53. The molecule has 1 heterocycles. The van der Waals surface area contributed by atoms with E-state index in [9.17, 15) is 13.2 Å². The van der Waals surface area contributed by atoms with Crippen LogP contribution in [0, 0.1) is 0 Å². The molecule has 0 bridgehead atoms. The molecule has 1 fully saturated rings. The molecule has 0 spiro atoms. The van der Waals surface area contributed by atoms with Gasteiger partial charge in [-0.25, -0.2) is 0 Å². The largest absolute Gasteiger partial charge is 0.411 e. The summed E-state index contributed by atoms with van der Waals surface area (Å²) in [5.74, 6) is 5.36. The lowest BCUT2D eigenvalue weighted by Crippen LogP contribution is -2.36. The number of alkyl halides is 3. The van der Waals surface area contributed by atoms with Crippen molar-refractivity contribution >= 4 is 0 Å². The SMILES string of the molecule is NNC(CCOCC(F)(F)F)CCC1CCCO1. The van der Waals surface area contributed by atoms with Gasteiger partial charge < -0.3 is 9.47 Å². The van der Waals surface area contributed by atoms with Crippen molar-refractivity contribution in [2.75, 3.05) is 19.8 Å². The molecule has 2 atom stereocenters. The highest BCUT2D eigenvalue weighted by atomic mass is 19.4. The molecule has 1 saturated heterocycles. The van der Waals surface area contributed by atoms with E-state index in [1.807, 2.05) is 0 Å². The minimum atomic E-state index is -4.26. The van der Waals surface area contributed by atoms with Crippen molar-refractivity contribution in [3.05, 3.63) is 0 Å². The first-order valence-corrected chi connectivity index (χ1v) is 6.23. The Morgan fingerprint density at radius 1 is 1.39 bits per heavy atom. The molecule has 0 aliphatic carbocycles. The van der Waals surface area contributed by atoms with Crippen LogP contribution in [0.2, 0.25) is 0 Å². The molecule has 0 saturated carbocycles. The zero-order valence-electron chi connectivity index (χ0n) is 10.3. The zero-order chi connectivity index (χ0) is 13.4. The summed E-state index contributed by atoms with van der Waals surface area (Å²) in [6.45, 7) is -0.337. The number of nitrogens with two attached hydrogens (primary N) is 1. The van der Waals surface area contributed by atoms with Gasteiger partial charge in [-0.15, -0.1) is 0 Å². The molecule has 0 aromatic carbocycles. The average molecular weight is 270 g/mol. The maximum Gasteiger partial charge on any atom is 0.411 e. The predicted octanol–water partition coefficient (Wildman–Crippen LogP) is 1.75. The molecule has 1 aliphatic rings. The highest BCUT2D eigenvalue weighted by Crippen LogP contribution is 2.18. The molecule has 7 heteroatoms. The molecule has 18 heavy (non-hydrogen) atoms. The van der Waals surface area contributed by atoms with Gasteiger partial charge in [-0.2, -0.15) is 13.2 Å². The van der Waals surface area contributed by atoms with Crippen LogP contribution in [-0.2, 0) is 9.47 Å². The average Bonchev–Trinajstić information content (AvgIpc) is 2.79. The molecule has 0 amide bonds. The summed E-state index contributed by atoms with van der Waals surface area (Å²) in [5, 5.41) is 0. The standard InChI is InChI=1S/C11H21F3N2O2/c12-11(13,14)8-17-7-5-9(16-15)3-4-10-2-1-6-18-10/h9-10,16H,1-8,15H2. The number of hydrogen-bond acceptors (Lipinski definition) is 4. The second-order valence-corrected chi connectivity index (χ2v) is 4.53. The van der Waals surface area contributed by atoms with E-state index in [4.69, 9.17) is 10.6 Å². The van der Waals surface area contributed by atoms with Gasteiger partial charge in [0, 0.05) is 19.3 Å². The maximum atomic E-state index is 11.8. The van der Waals surface area contributed by atoms with Crippen molar-refractivity contribution in [3.63, 3.8) is 0 Å². The van der Waals surface area contributed by atoms with Crippen LogP contribution in [0.1, 0.15) is 32.1 Å². The van der Waals surface area contributed by atoms with E-state index in [1.54, 1.807) is 0 Å². The Labute approximate surface area is 105 Å². The molecular weight excluding hydrogens is 249 g/mol. The summed E-state index contributed by atoms with van der Waals surface area (Å²) in [6.07, 6.45) is 0.298. The monoisotopic (exact) mass is 270 g/mol. The second kappa shape index (κ2) is 7.93. The van der Waals surface area contributed by atoms with Gasteiger partial charge in [0.2, 0.25) is 0 Å². The molecular formula is C11H21F3N2O2. The summed E-state index contributed by atoms with van der Waals surface area (Å²) >= 11 is 0. The molecule has 0 aromatic rings. The number of hydrazine groups is 1. The van der Waals surface area contributed by atoms with E-state index in [2.05, 4.69) is 10.2 Å². The van der Waals surface area contributed by atoms with E-state index in [0.717, 1.165) is 32.3 Å². The van der Waals surface area contributed by atoms with Crippen molar-refractivity contribution < 1.29 is 22.6 Å². The Hall–Kier alpha value is -0.370. The number of ether oxygens (including phenoxy) is 2. The van der Waals surface area contributed by atoms with Gasteiger partial charge in [-0.3, -0.25) is 11.3 Å². The fraction of sp³-hybridized carbons (Fsp3) is 1.00. The Morgan fingerprint density at radius 2 is 2.17 bits per heavy atom. The zero-order valence-corrected chi connectivity index (χ0v) is 10.3. The molecule has 2 unspecified atom stereocenters. The molecule has 108 valence electrons. The van der Waals surface area contributed by atoms with Gasteiger partial charge in [-0.1, -0.05) is 0 Å². The Balaban J connectivity index is 2.05. The first kappa shape index (κ1) is 15.7. The quantitative estimate of drug-likeness (QED) is 0.401. The van der Waals surface area contributed by atoms with Gasteiger partial charge in [0.15, 0.2) is 0 Å². The van der Waals surface area contributed by atoms with Crippen LogP contribution in [0.15, 0.2) is 0 Å². The first-order valence-electron chi connectivity index (χ1n) is 6.23. The van der Waals surface area contributed by atoms with Crippen LogP contribution in [0.3, 0.4) is 0 Å². The molecule has 3 N–H and O–H groups in total. The lowest BCUT2D eigenvalue weighted by molar-refractivity contribution is -0.174. The van der Waals surface area contributed by atoms with Crippen LogP contribution >= 0.6 is 0 Å². The topological polar surface area (TPSA) is 56.5 Å². The molecule has 4 nitrogen and oxygen atoms in total. The van der Waals surface area contributed by atoms with Crippen molar-refractivity contribution in [3.8, 4) is 0 Å². The lowest BCUT2D eigenvalue weighted by Gasteiger charge is -2.18. The number of nitrogens with one attached hydrogen (secondary N) is 1. The Bertz CT molecular complexity index is 221. The van der Waals surface area contributed by atoms with Gasteiger partial charge in [0.05, 0.1) is 6.10 Å². The van der Waals surface area contributed by atoms with Gasteiger partial charge in [0.25, 0.3) is 0 Å². The van der Waals surface area contributed by atoms with E-state index in [-0.39, 0.29) is 18.8 Å². The molecule has 1 rings (SSSR count). The predicted molar refractivity (Wildman–Crippen MR) is 60.8 cm³/mol.